The van der Waals surface area contributed by atoms with E-state index in [4.69, 9.17) is 5.11 Å². The summed E-state index contributed by atoms with van der Waals surface area (Å²) in [6.07, 6.45) is 5.60. The Balaban J connectivity index is 0.00000225. The van der Waals surface area contributed by atoms with Crippen LogP contribution in [0, 0.1) is 0 Å². The van der Waals surface area contributed by atoms with Crippen LogP contribution < -0.4 is 5.32 Å². The predicted molar refractivity (Wildman–Crippen MR) is 52.8 cm³/mol. The van der Waals surface area contributed by atoms with E-state index in [1.165, 1.54) is 6.41 Å². The van der Waals surface area contributed by atoms with Crippen molar-refractivity contribution in [3.8, 4) is 0 Å². The summed E-state index contributed by atoms with van der Waals surface area (Å²) in [5, 5.41) is 10.9. The molecule has 0 aliphatic heterocycles. The third-order valence-electron chi connectivity index (χ3n) is 2.00. The van der Waals surface area contributed by atoms with E-state index in [1.807, 2.05) is 12.1 Å². The molecule has 0 radical (unpaired) electrons. The van der Waals surface area contributed by atoms with Crippen LogP contribution in [0.3, 0.4) is 0 Å². The molecule has 0 fully saturated rings. The number of nitrogens with one attached hydrogen (secondary N) is 1. The number of nitrogens with zero attached hydrogens (tertiary/aromatic N) is 1. The first kappa shape index (κ1) is 13.1. The van der Waals surface area contributed by atoms with Gasteiger partial charge in [0.15, 0.2) is 0 Å². The van der Waals surface area contributed by atoms with Gasteiger partial charge in [-0.15, -0.1) is 0 Å². The minimum atomic E-state index is -1.05. The van der Waals surface area contributed by atoms with Crippen LogP contribution in [0.5, 0.6) is 0 Å². The van der Waals surface area contributed by atoms with Crippen LogP contribution in [0.4, 0.5) is 0 Å². The molecule has 0 aromatic carbocycles. The van der Waals surface area contributed by atoms with Gasteiger partial charge in [-0.1, -0.05) is 0 Å². The first-order chi connectivity index (χ1) is 7.24. The Bertz CT molecular complexity index is 332. The second kappa shape index (κ2) is 6.53. The number of rotatable bonds is 6. The number of hydrogen-bond donors (Lipinski definition) is 2. The smallest absolute Gasteiger partial charge is 0.323 e. The fourth-order valence-corrected chi connectivity index (χ4v) is 1.19. The molecule has 1 rings (SSSR count). The number of pyridine rings is 1. The van der Waals surface area contributed by atoms with Crippen molar-refractivity contribution in [2.75, 3.05) is 0 Å². The SMILES string of the molecule is O=[C-]NC(CCc1ccncc1)C(=O)O.[Fm]. The van der Waals surface area contributed by atoms with Crippen LogP contribution in [0.25, 0.3) is 0 Å². The van der Waals surface area contributed by atoms with Crippen LogP contribution in [0.2, 0.25) is 0 Å². The quantitative estimate of drug-likeness (QED) is 0.464. The van der Waals surface area contributed by atoms with Gasteiger partial charge in [0.05, 0.1) is 6.04 Å². The molecule has 1 unspecified atom stereocenters. The molecular weight excluding hydrogens is 453 g/mol. The van der Waals surface area contributed by atoms with Crippen molar-refractivity contribution in [3.05, 3.63) is 30.1 Å². The minimum absolute atomic E-state index is 0. The van der Waals surface area contributed by atoms with Crippen molar-refractivity contribution in [1.82, 2.24) is 10.3 Å². The molecule has 1 heterocycles. The summed E-state index contributed by atoms with van der Waals surface area (Å²) in [4.78, 5) is 24.5. The van der Waals surface area contributed by atoms with Gasteiger partial charge in [0.25, 0.3) is 0 Å². The molecule has 0 saturated carbocycles. The molecule has 92 valence electrons. The van der Waals surface area contributed by atoms with E-state index in [0.717, 1.165) is 5.56 Å². The van der Waals surface area contributed by atoms with E-state index >= 15 is 0 Å². The van der Waals surface area contributed by atoms with E-state index < -0.39 is 12.0 Å². The Hall–Kier alpha value is -2.91. The third-order valence-corrected chi connectivity index (χ3v) is 2.00. The second-order valence-corrected chi connectivity index (χ2v) is 3.03. The first-order valence-corrected chi connectivity index (χ1v) is 4.48. The number of carboxylic acid groups (broad SMARTS) is 1. The van der Waals surface area contributed by atoms with Crippen LogP contribution in [-0.2, 0) is 16.0 Å². The largest absolute Gasteiger partial charge is 0.520 e. The monoisotopic (exact) mass is 464 g/mol. The van der Waals surface area contributed by atoms with Gasteiger partial charge in [0.2, 0.25) is 0 Å². The third kappa shape index (κ3) is 3.87. The van der Waals surface area contributed by atoms with Crippen LogP contribution in [0.1, 0.15) is 12.0 Å². The summed E-state index contributed by atoms with van der Waals surface area (Å²) in [5.41, 5.74) is 0.990. The fraction of sp³-hybridized carbons (Fsp3) is 0.300. The molecule has 16 heavy (non-hydrogen) atoms. The maximum atomic E-state index is 10.7. The maximum Gasteiger partial charge on any atom is 0.323 e. The van der Waals surface area contributed by atoms with E-state index in [-0.39, 0.29) is 0 Å². The molecular formula is C10H11FmN2O3-. The zero-order valence-corrected chi connectivity index (χ0v) is 10.7. The normalized spacial score (nSPS) is 11.0. The van der Waals surface area contributed by atoms with Crippen molar-refractivity contribution >= 4 is 12.4 Å². The van der Waals surface area contributed by atoms with E-state index in [1.54, 1.807) is 12.4 Å². The van der Waals surface area contributed by atoms with Crippen molar-refractivity contribution in [2.45, 2.75) is 18.9 Å². The number of carbonyl (C=O) groups is 1. The number of aromatic nitrogens is 1. The Morgan fingerprint density at radius 3 is 2.62 bits per heavy atom. The van der Waals surface area contributed by atoms with Gasteiger partial charge in [0.1, 0.15) is 0 Å². The van der Waals surface area contributed by atoms with Gasteiger partial charge < -0.3 is 15.2 Å². The van der Waals surface area contributed by atoms with Crippen molar-refractivity contribution < 1.29 is 14.7 Å². The Morgan fingerprint density at radius 2 is 2.12 bits per heavy atom. The summed E-state index contributed by atoms with van der Waals surface area (Å²) in [6, 6.07) is 2.74. The standard InChI is InChI=1S/C10H11N2O3.Fm/c13-7-12-9(10(14)15)2-1-8-3-5-11-6-4-8;/h3-6,9H,1-2H2,(H,12,13)(H,14,15);/q-1;. The van der Waals surface area contributed by atoms with Gasteiger partial charge in [-0.3, -0.25) is 9.78 Å². The molecule has 1 amide bonds. The number of aliphatic carboxylic acids is 1. The molecule has 0 saturated heterocycles. The van der Waals surface area contributed by atoms with Crippen LogP contribution in [-0.4, -0.2) is 28.5 Å². The van der Waals surface area contributed by atoms with Crippen molar-refractivity contribution in [3.63, 3.8) is 0 Å². The molecule has 2 N–H and O–H groups in total. The minimum Gasteiger partial charge on any atom is -0.520 e. The first-order valence-electron chi connectivity index (χ1n) is 4.48. The summed E-state index contributed by atoms with van der Waals surface area (Å²) in [7, 11) is 0. The number of aryl methyl sites for hydroxylation is 1. The topological polar surface area (TPSA) is 79.3 Å². The van der Waals surface area contributed by atoms with Gasteiger partial charge >= 0.3 is 5.97 Å². The fourth-order valence-electron chi connectivity index (χ4n) is 1.19. The summed E-state index contributed by atoms with van der Waals surface area (Å²) in [6.45, 7) is 0. The number of hydrogen-bond acceptors (Lipinski definition) is 3. The van der Waals surface area contributed by atoms with Crippen LogP contribution >= 0.6 is 0 Å². The molecule has 5 nitrogen and oxygen atoms in total. The molecule has 6 heteroatoms. The molecule has 1 atom stereocenters. The summed E-state index contributed by atoms with van der Waals surface area (Å²) in [5.74, 6) is -1.05. The molecule has 0 spiro atoms. The zero-order chi connectivity index (χ0) is 11.1. The van der Waals surface area contributed by atoms with E-state index in [2.05, 4.69) is 10.3 Å². The Morgan fingerprint density at radius 1 is 1.50 bits per heavy atom. The summed E-state index contributed by atoms with van der Waals surface area (Å²) < 4.78 is 0. The predicted octanol–water partition coefficient (Wildman–Crippen LogP) is 0.124. The van der Waals surface area contributed by atoms with E-state index in [9.17, 15) is 9.59 Å². The Kier molecular flexibility index (Phi) is 5.34. The van der Waals surface area contributed by atoms with E-state index in [0.29, 0.717) is 12.8 Å². The molecule has 0 bridgehead atoms. The number of carboxylic acids is 1. The summed E-state index contributed by atoms with van der Waals surface area (Å²) >= 11 is 0. The van der Waals surface area contributed by atoms with Gasteiger partial charge in [-0.2, -0.15) is 6.41 Å². The van der Waals surface area contributed by atoms with Crippen molar-refractivity contribution in [2.24, 2.45) is 0 Å². The average molecular weight is 464 g/mol. The molecule has 0 aliphatic rings. The molecule has 1 aromatic rings. The second-order valence-electron chi connectivity index (χ2n) is 3.03. The maximum absolute atomic E-state index is 10.7. The number of amides is 1. The zero-order valence-electron chi connectivity index (χ0n) is 8.30. The Labute approximate surface area is 87.1 Å². The van der Waals surface area contributed by atoms with Crippen LogP contribution in [0.15, 0.2) is 24.5 Å². The molecule has 0 aliphatic carbocycles. The number of carbonyl (C=O) groups excluding carboxylic acids is 1. The molecule has 1 aromatic heterocycles. The van der Waals surface area contributed by atoms with Crippen molar-refractivity contribution in [1.29, 1.82) is 0 Å². The van der Waals surface area contributed by atoms with Gasteiger partial charge in [-0.25, -0.2) is 0 Å². The van der Waals surface area contributed by atoms with Gasteiger partial charge in [0, 0.05) is 12.4 Å². The van der Waals surface area contributed by atoms with Gasteiger partial charge in [-0.05, 0) is 30.5 Å². The average Bonchev–Trinajstić information content (AvgIpc) is 2.25.